The number of esters is 1. The first-order chi connectivity index (χ1) is 21.3. The summed E-state index contributed by atoms with van der Waals surface area (Å²) in [5, 5.41) is 0.832. The Balaban J connectivity index is 1.29. The third kappa shape index (κ3) is 5.74. The lowest BCUT2D eigenvalue weighted by Crippen LogP contribution is -2.52. The second kappa shape index (κ2) is 11.5. The van der Waals surface area contributed by atoms with E-state index in [1.807, 2.05) is 64.9 Å². The SMILES string of the molecule is CCC1C(=O)OCc2c1cc1n(c2=O)Cc2cc3c(CN(C)C)c(OC(=O)N4CCN(C(=O)OC(C)(C)C)CC4)ccc3nc2-1. The highest BCUT2D eigenvalue weighted by Crippen LogP contribution is 2.38. The van der Waals surface area contributed by atoms with Gasteiger partial charge in [0.05, 0.1) is 34.9 Å². The number of pyridine rings is 2. The Morgan fingerprint density at radius 2 is 1.73 bits per heavy atom. The number of carbonyl (C=O) groups is 3. The molecule has 1 atom stereocenters. The molecule has 2 aromatic heterocycles. The van der Waals surface area contributed by atoms with Gasteiger partial charge in [-0.05, 0) is 71.1 Å². The van der Waals surface area contributed by atoms with E-state index in [2.05, 4.69) is 0 Å². The number of piperazine rings is 1. The number of ether oxygens (including phenoxy) is 3. The summed E-state index contributed by atoms with van der Waals surface area (Å²) < 4.78 is 18.5. The first kappa shape index (κ1) is 30.6. The van der Waals surface area contributed by atoms with E-state index in [0.717, 1.165) is 22.1 Å². The van der Waals surface area contributed by atoms with Crippen LogP contribution in [-0.2, 0) is 34.0 Å². The van der Waals surface area contributed by atoms with Gasteiger partial charge in [-0.15, -0.1) is 0 Å². The summed E-state index contributed by atoms with van der Waals surface area (Å²) >= 11 is 0. The summed E-state index contributed by atoms with van der Waals surface area (Å²) in [6.07, 6.45) is -0.337. The maximum Gasteiger partial charge on any atom is 0.415 e. The van der Waals surface area contributed by atoms with Crippen LogP contribution in [0.3, 0.4) is 0 Å². The fraction of sp³-hybridized carbons (Fsp3) is 0.485. The molecule has 5 heterocycles. The summed E-state index contributed by atoms with van der Waals surface area (Å²) in [6, 6.07) is 7.53. The molecule has 6 rings (SSSR count). The summed E-state index contributed by atoms with van der Waals surface area (Å²) in [4.78, 5) is 61.9. The van der Waals surface area contributed by atoms with Crippen LogP contribution in [0.5, 0.6) is 5.75 Å². The van der Waals surface area contributed by atoms with Crippen molar-refractivity contribution in [3.05, 3.63) is 56.9 Å². The molecule has 12 nitrogen and oxygen atoms in total. The molecular formula is C33H39N5O7. The highest BCUT2D eigenvalue weighted by Gasteiger charge is 2.34. The molecule has 0 radical (unpaired) electrons. The van der Waals surface area contributed by atoms with Crippen molar-refractivity contribution in [1.29, 1.82) is 0 Å². The van der Waals surface area contributed by atoms with Crippen LogP contribution in [-0.4, -0.2) is 88.3 Å². The Hall–Kier alpha value is -4.45. The van der Waals surface area contributed by atoms with Gasteiger partial charge in [-0.3, -0.25) is 9.59 Å². The van der Waals surface area contributed by atoms with E-state index in [9.17, 15) is 19.2 Å². The quantitative estimate of drug-likeness (QED) is 0.312. The molecule has 0 spiro atoms. The number of fused-ring (bicyclic) bond motifs is 5. The van der Waals surface area contributed by atoms with E-state index >= 15 is 0 Å². The monoisotopic (exact) mass is 617 g/mol. The largest absolute Gasteiger partial charge is 0.460 e. The van der Waals surface area contributed by atoms with Crippen LogP contribution in [0.15, 0.2) is 29.1 Å². The molecule has 0 bridgehead atoms. The minimum atomic E-state index is -0.591. The van der Waals surface area contributed by atoms with E-state index in [1.54, 1.807) is 20.4 Å². The summed E-state index contributed by atoms with van der Waals surface area (Å²) in [5.41, 5.74) is 4.29. The van der Waals surface area contributed by atoms with Crippen molar-refractivity contribution in [2.24, 2.45) is 0 Å². The maximum atomic E-state index is 13.5. The Morgan fingerprint density at radius 1 is 1.04 bits per heavy atom. The van der Waals surface area contributed by atoms with Gasteiger partial charge in [0.1, 0.15) is 18.0 Å². The maximum absolute atomic E-state index is 13.5. The van der Waals surface area contributed by atoms with Gasteiger partial charge in [0.15, 0.2) is 0 Å². The first-order valence-corrected chi connectivity index (χ1v) is 15.3. The zero-order valence-electron chi connectivity index (χ0n) is 26.6. The van der Waals surface area contributed by atoms with E-state index in [-0.39, 0.29) is 18.1 Å². The number of amides is 2. The van der Waals surface area contributed by atoms with Crippen molar-refractivity contribution in [2.75, 3.05) is 40.3 Å². The molecule has 0 saturated carbocycles. The van der Waals surface area contributed by atoms with Crippen molar-refractivity contribution in [3.63, 3.8) is 0 Å². The molecule has 3 aromatic rings. The minimum absolute atomic E-state index is 0.0205. The van der Waals surface area contributed by atoms with Gasteiger partial charge in [0, 0.05) is 49.2 Å². The number of aromatic nitrogens is 2. The number of carbonyl (C=O) groups excluding carboxylic acids is 3. The lowest BCUT2D eigenvalue weighted by atomic mass is 9.90. The molecule has 1 aromatic carbocycles. The fourth-order valence-electron chi connectivity index (χ4n) is 6.24. The Bertz CT molecular complexity index is 1770. The minimum Gasteiger partial charge on any atom is -0.460 e. The average molecular weight is 618 g/mol. The van der Waals surface area contributed by atoms with Gasteiger partial charge in [-0.2, -0.15) is 0 Å². The molecule has 0 N–H and O–H groups in total. The van der Waals surface area contributed by atoms with Crippen molar-refractivity contribution in [1.82, 2.24) is 24.3 Å². The zero-order valence-corrected chi connectivity index (χ0v) is 26.6. The molecule has 238 valence electrons. The van der Waals surface area contributed by atoms with Crippen molar-refractivity contribution in [3.8, 4) is 17.1 Å². The lowest BCUT2D eigenvalue weighted by Gasteiger charge is -2.35. The van der Waals surface area contributed by atoms with Crippen LogP contribution in [0.25, 0.3) is 22.3 Å². The summed E-state index contributed by atoms with van der Waals surface area (Å²) in [5.74, 6) is -0.345. The van der Waals surface area contributed by atoms with Crippen LogP contribution >= 0.6 is 0 Å². The number of benzene rings is 1. The average Bonchev–Trinajstić information content (AvgIpc) is 3.34. The molecule has 3 aliphatic heterocycles. The highest BCUT2D eigenvalue weighted by atomic mass is 16.6. The highest BCUT2D eigenvalue weighted by molar-refractivity contribution is 5.90. The topological polar surface area (TPSA) is 124 Å². The molecule has 2 amide bonds. The van der Waals surface area contributed by atoms with E-state index < -0.39 is 23.7 Å². The molecule has 1 saturated heterocycles. The smallest absolute Gasteiger partial charge is 0.415 e. The molecule has 12 heteroatoms. The normalized spacial score (nSPS) is 17.6. The number of hydrogen-bond donors (Lipinski definition) is 0. The third-order valence-corrected chi connectivity index (χ3v) is 8.44. The van der Waals surface area contributed by atoms with Gasteiger partial charge < -0.3 is 33.5 Å². The van der Waals surface area contributed by atoms with Gasteiger partial charge >= 0.3 is 18.2 Å². The molecular weight excluding hydrogens is 578 g/mol. The summed E-state index contributed by atoms with van der Waals surface area (Å²) in [7, 11) is 3.88. The second-order valence-corrected chi connectivity index (χ2v) is 13.1. The van der Waals surface area contributed by atoms with Crippen molar-refractivity contribution in [2.45, 2.75) is 65.3 Å². The van der Waals surface area contributed by atoms with E-state index in [0.29, 0.717) is 73.9 Å². The number of hydrogen-bond acceptors (Lipinski definition) is 9. The zero-order chi connectivity index (χ0) is 32.2. The van der Waals surface area contributed by atoms with Crippen LogP contribution in [0.2, 0.25) is 0 Å². The van der Waals surface area contributed by atoms with Gasteiger partial charge in [-0.1, -0.05) is 6.92 Å². The van der Waals surface area contributed by atoms with Gasteiger partial charge in [0.25, 0.3) is 5.56 Å². The predicted molar refractivity (Wildman–Crippen MR) is 166 cm³/mol. The lowest BCUT2D eigenvalue weighted by molar-refractivity contribution is -0.148. The second-order valence-electron chi connectivity index (χ2n) is 13.1. The van der Waals surface area contributed by atoms with E-state index in [4.69, 9.17) is 19.2 Å². The van der Waals surface area contributed by atoms with Crippen LogP contribution < -0.4 is 10.3 Å². The Morgan fingerprint density at radius 3 is 2.38 bits per heavy atom. The molecule has 45 heavy (non-hydrogen) atoms. The predicted octanol–water partition coefficient (Wildman–Crippen LogP) is 4.09. The molecule has 1 unspecified atom stereocenters. The fourth-order valence-corrected chi connectivity index (χ4v) is 6.24. The number of nitrogens with zero attached hydrogens (tertiary/aromatic N) is 5. The molecule has 0 aliphatic carbocycles. The first-order valence-electron chi connectivity index (χ1n) is 15.3. The number of rotatable bonds is 4. The van der Waals surface area contributed by atoms with Crippen LogP contribution in [0.1, 0.15) is 62.3 Å². The summed E-state index contributed by atoms with van der Waals surface area (Å²) in [6.45, 7) is 9.56. The van der Waals surface area contributed by atoms with Gasteiger partial charge in [0.2, 0.25) is 0 Å². The van der Waals surface area contributed by atoms with Gasteiger partial charge in [-0.25, -0.2) is 14.6 Å². The number of cyclic esters (lactones) is 1. The molecule has 1 fully saturated rings. The van der Waals surface area contributed by atoms with E-state index in [1.165, 1.54) is 0 Å². The van der Waals surface area contributed by atoms with Crippen molar-refractivity contribution >= 4 is 29.1 Å². The molecule has 3 aliphatic rings. The standard InChI is InChI=1S/C33H39N5O7/c1-7-20-21-15-26-28-19(16-38(26)29(39)24(21)18-43-30(20)40)14-22-23(17-35(5)6)27(9-8-25(22)34-28)44-31(41)36-10-12-37(13-11-36)32(42)45-33(2,3)4/h8-9,14-15,20H,7,10-13,16-18H2,1-6H3. The Labute approximate surface area is 261 Å². The van der Waals surface area contributed by atoms with Crippen LogP contribution in [0, 0.1) is 0 Å². The third-order valence-electron chi connectivity index (χ3n) is 8.44. The van der Waals surface area contributed by atoms with Crippen molar-refractivity contribution < 1.29 is 28.6 Å². The van der Waals surface area contributed by atoms with Crippen LogP contribution in [0.4, 0.5) is 9.59 Å². The Kier molecular flexibility index (Phi) is 7.80.